The van der Waals surface area contributed by atoms with Crippen LogP contribution in [0.5, 0.6) is 0 Å². The lowest BCUT2D eigenvalue weighted by Gasteiger charge is -2.57. The molecule has 2 fully saturated rings. The van der Waals surface area contributed by atoms with E-state index in [2.05, 4.69) is 12.2 Å². The van der Waals surface area contributed by atoms with Crippen LogP contribution in [0, 0.1) is 13.8 Å². The van der Waals surface area contributed by atoms with Gasteiger partial charge in [0.15, 0.2) is 5.54 Å². The standard InChI is InChI=1S/C20H29ClN2O/c1-4-23(11-6-5-7-12-23)20(9-8-10-20)19(24)22-18-15(2)13-17(21)14-16(18)3/h13-14H,4-12H2,1-3H3/p+1. The number of likely N-dealkylation sites (tertiary alicyclic amines) is 1. The molecular formula is C20H30ClN2O+. The van der Waals surface area contributed by atoms with Gasteiger partial charge in [0.1, 0.15) is 0 Å². The summed E-state index contributed by atoms with van der Waals surface area (Å²) in [6.07, 6.45) is 7.04. The van der Waals surface area contributed by atoms with Gasteiger partial charge in [-0.1, -0.05) is 11.6 Å². The van der Waals surface area contributed by atoms with E-state index in [-0.39, 0.29) is 11.4 Å². The molecule has 24 heavy (non-hydrogen) atoms. The third-order valence-electron chi connectivity index (χ3n) is 6.52. The van der Waals surface area contributed by atoms with E-state index in [0.29, 0.717) is 0 Å². The summed E-state index contributed by atoms with van der Waals surface area (Å²) in [7, 11) is 0. The second-order valence-corrected chi connectivity index (χ2v) is 8.16. The van der Waals surface area contributed by atoms with Crippen LogP contribution < -0.4 is 5.32 Å². The lowest BCUT2D eigenvalue weighted by molar-refractivity contribution is -0.974. The molecule has 0 spiro atoms. The number of likely N-dealkylation sites (N-methyl/N-ethyl adjacent to an activating group) is 1. The largest absolute Gasteiger partial charge is 0.320 e. The molecule has 1 aromatic rings. The van der Waals surface area contributed by atoms with Gasteiger partial charge in [-0.3, -0.25) is 4.79 Å². The van der Waals surface area contributed by atoms with Crippen LogP contribution in [0.1, 0.15) is 56.6 Å². The summed E-state index contributed by atoms with van der Waals surface area (Å²) in [5.74, 6) is 0.228. The van der Waals surface area contributed by atoms with E-state index in [1.807, 2.05) is 26.0 Å². The maximum absolute atomic E-state index is 13.4. The van der Waals surface area contributed by atoms with Crippen molar-refractivity contribution in [2.24, 2.45) is 0 Å². The monoisotopic (exact) mass is 349 g/mol. The van der Waals surface area contributed by atoms with Gasteiger partial charge in [-0.25, -0.2) is 0 Å². The van der Waals surface area contributed by atoms with Crippen LogP contribution >= 0.6 is 11.6 Å². The quantitative estimate of drug-likeness (QED) is 0.774. The zero-order valence-corrected chi connectivity index (χ0v) is 16.0. The van der Waals surface area contributed by atoms with Crippen LogP contribution in [0.4, 0.5) is 5.69 Å². The van der Waals surface area contributed by atoms with Gasteiger partial charge in [0.2, 0.25) is 0 Å². The number of aryl methyl sites for hydroxylation is 2. The molecule has 2 aliphatic rings. The minimum Gasteiger partial charge on any atom is -0.320 e. The van der Waals surface area contributed by atoms with Crippen molar-refractivity contribution >= 4 is 23.2 Å². The molecule has 3 nitrogen and oxygen atoms in total. The van der Waals surface area contributed by atoms with Gasteiger partial charge in [-0.05, 0) is 69.7 Å². The van der Waals surface area contributed by atoms with Gasteiger partial charge in [0.25, 0.3) is 5.91 Å². The van der Waals surface area contributed by atoms with Crippen molar-refractivity contribution in [1.82, 2.24) is 0 Å². The molecule has 1 aliphatic heterocycles. The Morgan fingerprint density at radius 2 is 1.71 bits per heavy atom. The third-order valence-corrected chi connectivity index (χ3v) is 6.74. The van der Waals surface area contributed by atoms with Gasteiger partial charge in [-0.2, -0.15) is 0 Å². The normalized spacial score (nSPS) is 21.8. The number of piperidine rings is 1. The minimum atomic E-state index is -0.215. The van der Waals surface area contributed by atoms with Crippen molar-refractivity contribution in [2.75, 3.05) is 25.0 Å². The molecule has 0 unspecified atom stereocenters. The van der Waals surface area contributed by atoms with Crippen LogP contribution in [-0.4, -0.2) is 35.6 Å². The number of nitrogens with one attached hydrogen (secondary N) is 1. The van der Waals surface area contributed by atoms with Crippen molar-refractivity contribution < 1.29 is 9.28 Å². The Balaban J connectivity index is 1.90. The number of benzene rings is 1. The first-order valence-electron chi connectivity index (χ1n) is 9.38. The van der Waals surface area contributed by atoms with Gasteiger partial charge in [0.05, 0.1) is 19.6 Å². The van der Waals surface area contributed by atoms with Gasteiger partial charge in [-0.15, -0.1) is 0 Å². The molecule has 0 aromatic heterocycles. The number of hydrogen-bond donors (Lipinski definition) is 1. The summed E-state index contributed by atoms with van der Waals surface area (Å²) in [5.41, 5.74) is 2.82. The minimum absolute atomic E-state index is 0.215. The molecule has 1 heterocycles. The summed E-state index contributed by atoms with van der Waals surface area (Å²) < 4.78 is 0.991. The summed E-state index contributed by atoms with van der Waals surface area (Å²) in [5, 5.41) is 4.02. The maximum atomic E-state index is 13.4. The molecule has 0 bridgehead atoms. The molecule has 1 N–H and O–H groups in total. The Morgan fingerprint density at radius 3 is 2.17 bits per heavy atom. The number of quaternary nitrogens is 1. The average Bonchev–Trinajstić information content (AvgIpc) is 2.50. The predicted molar refractivity (Wildman–Crippen MR) is 101 cm³/mol. The van der Waals surface area contributed by atoms with Crippen molar-refractivity contribution in [3.63, 3.8) is 0 Å². The maximum Gasteiger partial charge on any atom is 0.285 e. The van der Waals surface area contributed by atoms with Crippen LogP contribution in [-0.2, 0) is 4.79 Å². The Morgan fingerprint density at radius 1 is 1.12 bits per heavy atom. The van der Waals surface area contributed by atoms with Crippen molar-refractivity contribution in [2.45, 2.75) is 64.8 Å². The summed E-state index contributed by atoms with van der Waals surface area (Å²) >= 11 is 6.14. The van der Waals surface area contributed by atoms with Gasteiger partial charge < -0.3 is 9.80 Å². The molecule has 0 atom stereocenters. The lowest BCUT2D eigenvalue weighted by atomic mass is 9.71. The van der Waals surface area contributed by atoms with E-state index in [1.165, 1.54) is 25.7 Å². The SMILES string of the molecule is CC[N+]1(C2(C(=O)Nc3c(C)cc(Cl)cc3C)CCC2)CCCCC1. The van der Waals surface area contributed by atoms with E-state index >= 15 is 0 Å². The fraction of sp³-hybridized carbons (Fsp3) is 0.650. The lowest BCUT2D eigenvalue weighted by Crippen LogP contribution is -2.73. The number of halogens is 1. The zero-order chi connectivity index (χ0) is 17.4. The van der Waals surface area contributed by atoms with Crippen LogP contribution in [0.3, 0.4) is 0 Å². The van der Waals surface area contributed by atoms with Crippen molar-refractivity contribution in [1.29, 1.82) is 0 Å². The smallest absolute Gasteiger partial charge is 0.285 e. The summed E-state index contributed by atoms with van der Waals surface area (Å²) in [6.45, 7) is 9.68. The molecule has 1 amide bonds. The van der Waals surface area contributed by atoms with Gasteiger partial charge in [0, 0.05) is 23.6 Å². The second kappa shape index (κ2) is 6.68. The highest BCUT2D eigenvalue weighted by Crippen LogP contribution is 2.46. The first-order valence-corrected chi connectivity index (χ1v) is 9.76. The predicted octanol–water partition coefficient (Wildman–Crippen LogP) is 4.84. The molecule has 1 saturated heterocycles. The van der Waals surface area contributed by atoms with E-state index in [9.17, 15) is 4.79 Å². The van der Waals surface area contributed by atoms with Crippen LogP contribution in [0.2, 0.25) is 5.02 Å². The van der Waals surface area contributed by atoms with E-state index in [4.69, 9.17) is 11.6 Å². The highest BCUT2D eigenvalue weighted by Gasteiger charge is 2.59. The highest BCUT2D eigenvalue weighted by atomic mass is 35.5. The topological polar surface area (TPSA) is 29.1 Å². The fourth-order valence-electron chi connectivity index (χ4n) is 4.93. The molecular weight excluding hydrogens is 320 g/mol. The molecule has 4 heteroatoms. The molecule has 1 aromatic carbocycles. The van der Waals surface area contributed by atoms with E-state index < -0.39 is 0 Å². The summed E-state index contributed by atoms with van der Waals surface area (Å²) in [4.78, 5) is 13.4. The molecule has 132 valence electrons. The zero-order valence-electron chi connectivity index (χ0n) is 15.3. The van der Waals surface area contributed by atoms with E-state index in [0.717, 1.165) is 58.8 Å². The number of hydrogen-bond acceptors (Lipinski definition) is 1. The number of amides is 1. The Hall–Kier alpha value is -1.06. The van der Waals surface area contributed by atoms with Crippen molar-refractivity contribution in [3.05, 3.63) is 28.3 Å². The number of nitrogens with zero attached hydrogens (tertiary/aromatic N) is 1. The van der Waals surface area contributed by atoms with Crippen molar-refractivity contribution in [3.8, 4) is 0 Å². The summed E-state index contributed by atoms with van der Waals surface area (Å²) in [6, 6.07) is 3.87. The second-order valence-electron chi connectivity index (χ2n) is 7.72. The first kappa shape index (κ1) is 17.8. The number of carbonyl (C=O) groups excluding carboxylic acids is 1. The third kappa shape index (κ3) is 2.76. The van der Waals surface area contributed by atoms with Gasteiger partial charge >= 0.3 is 0 Å². The first-order chi connectivity index (χ1) is 11.4. The highest BCUT2D eigenvalue weighted by molar-refractivity contribution is 6.30. The molecule has 0 radical (unpaired) electrons. The number of anilines is 1. The average molecular weight is 350 g/mol. The Kier molecular flexibility index (Phi) is 4.94. The van der Waals surface area contributed by atoms with Crippen LogP contribution in [0.25, 0.3) is 0 Å². The van der Waals surface area contributed by atoms with Crippen LogP contribution in [0.15, 0.2) is 12.1 Å². The van der Waals surface area contributed by atoms with E-state index in [1.54, 1.807) is 0 Å². The molecule has 1 saturated carbocycles. The fourth-order valence-corrected chi connectivity index (χ4v) is 5.26. The number of rotatable bonds is 4. The Labute approximate surface area is 151 Å². The number of carbonyl (C=O) groups is 1. The Bertz CT molecular complexity index is 608. The molecule has 1 aliphatic carbocycles. The molecule has 3 rings (SSSR count).